The number of hydrogen-bond acceptors (Lipinski definition) is 5. The van der Waals surface area contributed by atoms with E-state index in [-0.39, 0.29) is 17.6 Å². The molecule has 0 bridgehead atoms. The van der Waals surface area contributed by atoms with E-state index in [1.54, 1.807) is 7.11 Å². The summed E-state index contributed by atoms with van der Waals surface area (Å²) < 4.78 is 11.7. The molecule has 36 heavy (non-hydrogen) atoms. The molecule has 0 saturated carbocycles. The molecule has 3 aromatic carbocycles. The quantitative estimate of drug-likeness (QED) is 0.414. The summed E-state index contributed by atoms with van der Waals surface area (Å²) in [5, 5.41) is 10.1. The van der Waals surface area contributed by atoms with Gasteiger partial charge in [0.25, 0.3) is 0 Å². The van der Waals surface area contributed by atoms with E-state index in [2.05, 4.69) is 18.2 Å². The largest absolute Gasteiger partial charge is 0.493 e. The summed E-state index contributed by atoms with van der Waals surface area (Å²) >= 11 is 0. The third-order valence-electron chi connectivity index (χ3n) is 7.08. The SMILES string of the molecule is COc1cc([C@H]2C3=C(C[C@@H](c4ccccc4)CC3=O)N=C(C)C2C#N)ccc1OCc1ccccc1. The van der Waals surface area contributed by atoms with Gasteiger partial charge in [-0.25, -0.2) is 0 Å². The summed E-state index contributed by atoms with van der Waals surface area (Å²) in [5.74, 6) is 0.457. The van der Waals surface area contributed by atoms with E-state index in [0.717, 1.165) is 28.1 Å². The lowest BCUT2D eigenvalue weighted by molar-refractivity contribution is -0.116. The van der Waals surface area contributed by atoms with Crippen molar-refractivity contribution in [1.29, 1.82) is 5.26 Å². The van der Waals surface area contributed by atoms with Crippen molar-refractivity contribution in [3.05, 3.63) is 107 Å². The molecular weight excluding hydrogens is 448 g/mol. The van der Waals surface area contributed by atoms with Crippen LogP contribution in [0.2, 0.25) is 0 Å². The molecule has 0 saturated heterocycles. The molecule has 5 rings (SSSR count). The second-order valence-corrected chi connectivity index (χ2v) is 9.32. The number of nitrogens with zero attached hydrogens (tertiary/aromatic N) is 2. The number of nitriles is 1. The topological polar surface area (TPSA) is 71.7 Å². The van der Waals surface area contributed by atoms with E-state index in [0.29, 0.717) is 36.5 Å². The van der Waals surface area contributed by atoms with Crippen molar-refractivity contribution in [1.82, 2.24) is 0 Å². The molecule has 180 valence electrons. The highest BCUT2D eigenvalue weighted by Gasteiger charge is 2.41. The van der Waals surface area contributed by atoms with Crippen LogP contribution in [0, 0.1) is 17.2 Å². The zero-order chi connectivity index (χ0) is 25.1. The lowest BCUT2D eigenvalue weighted by atomic mass is 9.69. The molecule has 5 heteroatoms. The standard InChI is InChI=1S/C31H28N2O3/c1-20-25(18-32)30(31-26(33-20)15-24(16-27(31)34)22-11-7-4-8-12-22)23-13-14-28(29(17-23)35-2)36-19-21-9-5-3-6-10-21/h3-14,17,24-25,30H,15-16,19H2,1-2H3/t24-,25?,30-/m1/s1. The molecular formula is C31H28N2O3. The Bertz CT molecular complexity index is 1370. The van der Waals surface area contributed by atoms with Crippen LogP contribution in [0.1, 0.15) is 48.3 Å². The summed E-state index contributed by atoms with van der Waals surface area (Å²) in [6.45, 7) is 2.30. The highest BCUT2D eigenvalue weighted by atomic mass is 16.5. The first-order chi connectivity index (χ1) is 17.6. The highest BCUT2D eigenvalue weighted by molar-refractivity contribution is 6.03. The summed E-state index contributed by atoms with van der Waals surface area (Å²) in [6.07, 6.45) is 1.11. The second-order valence-electron chi connectivity index (χ2n) is 9.32. The van der Waals surface area contributed by atoms with Crippen LogP contribution in [-0.4, -0.2) is 18.6 Å². The summed E-state index contributed by atoms with van der Waals surface area (Å²) in [4.78, 5) is 18.3. The molecule has 1 unspecified atom stereocenters. The van der Waals surface area contributed by atoms with Gasteiger partial charge in [-0.15, -0.1) is 0 Å². The summed E-state index contributed by atoms with van der Waals surface area (Å²) in [6, 6.07) is 28.2. The maximum atomic E-state index is 13.6. The fraction of sp³-hybridized carbons (Fsp3) is 0.258. The fourth-order valence-electron chi connectivity index (χ4n) is 5.28. The smallest absolute Gasteiger partial charge is 0.161 e. The molecule has 0 amide bonds. The van der Waals surface area contributed by atoms with Gasteiger partial charge in [0, 0.05) is 29.3 Å². The Hall–Kier alpha value is -4.17. The molecule has 3 atom stereocenters. The molecule has 0 N–H and O–H groups in total. The van der Waals surface area contributed by atoms with Crippen LogP contribution in [0.5, 0.6) is 11.5 Å². The normalized spacial score (nSPS) is 21.3. The van der Waals surface area contributed by atoms with Crippen LogP contribution >= 0.6 is 0 Å². The number of aliphatic imine (C=N–C) groups is 1. The minimum absolute atomic E-state index is 0.0648. The molecule has 1 aliphatic heterocycles. The van der Waals surface area contributed by atoms with Gasteiger partial charge in [0.05, 0.1) is 19.1 Å². The number of ether oxygens (including phenoxy) is 2. The monoisotopic (exact) mass is 476 g/mol. The Balaban J connectivity index is 1.49. The van der Waals surface area contributed by atoms with Gasteiger partial charge in [-0.05, 0) is 48.1 Å². The number of allylic oxidation sites excluding steroid dienone is 2. The van der Waals surface area contributed by atoms with Crippen LogP contribution in [0.15, 0.2) is 95.1 Å². The Kier molecular flexibility index (Phi) is 6.69. The maximum absolute atomic E-state index is 13.6. The second kappa shape index (κ2) is 10.2. The van der Waals surface area contributed by atoms with Crippen molar-refractivity contribution in [2.24, 2.45) is 10.9 Å². The van der Waals surface area contributed by atoms with Gasteiger partial charge in [-0.2, -0.15) is 5.26 Å². The Morgan fingerprint density at radius 3 is 2.36 bits per heavy atom. The molecule has 2 aliphatic rings. The van der Waals surface area contributed by atoms with Crippen molar-refractivity contribution in [2.75, 3.05) is 7.11 Å². The number of ketones is 1. The minimum Gasteiger partial charge on any atom is -0.493 e. The van der Waals surface area contributed by atoms with Gasteiger partial charge >= 0.3 is 0 Å². The van der Waals surface area contributed by atoms with Gasteiger partial charge in [-0.3, -0.25) is 9.79 Å². The zero-order valence-corrected chi connectivity index (χ0v) is 20.5. The van der Waals surface area contributed by atoms with Crippen LogP contribution in [0.25, 0.3) is 0 Å². The lowest BCUT2D eigenvalue weighted by Crippen LogP contribution is -2.32. The summed E-state index contributed by atoms with van der Waals surface area (Å²) in [5.41, 5.74) is 5.27. The van der Waals surface area contributed by atoms with Crippen molar-refractivity contribution >= 4 is 11.5 Å². The zero-order valence-electron chi connectivity index (χ0n) is 20.5. The first kappa shape index (κ1) is 23.6. The highest BCUT2D eigenvalue weighted by Crippen LogP contribution is 2.47. The van der Waals surface area contributed by atoms with Crippen molar-refractivity contribution in [3.63, 3.8) is 0 Å². The molecule has 5 nitrogen and oxygen atoms in total. The fourth-order valence-corrected chi connectivity index (χ4v) is 5.28. The number of Topliss-reactive ketones (excluding diaryl/α,β-unsaturated/α-hetero) is 1. The van der Waals surface area contributed by atoms with E-state index in [4.69, 9.17) is 14.5 Å². The van der Waals surface area contributed by atoms with E-state index in [1.807, 2.05) is 73.7 Å². The number of rotatable bonds is 6. The van der Waals surface area contributed by atoms with E-state index < -0.39 is 5.92 Å². The van der Waals surface area contributed by atoms with Crippen LogP contribution in [-0.2, 0) is 11.4 Å². The lowest BCUT2D eigenvalue weighted by Gasteiger charge is -2.35. The van der Waals surface area contributed by atoms with Crippen LogP contribution in [0.3, 0.4) is 0 Å². The Morgan fingerprint density at radius 2 is 1.67 bits per heavy atom. The predicted molar refractivity (Wildman–Crippen MR) is 139 cm³/mol. The van der Waals surface area contributed by atoms with Crippen molar-refractivity contribution in [3.8, 4) is 17.6 Å². The predicted octanol–water partition coefficient (Wildman–Crippen LogP) is 6.37. The van der Waals surface area contributed by atoms with Gasteiger partial charge in [0.2, 0.25) is 0 Å². The number of carbonyl (C=O) groups excluding carboxylic acids is 1. The molecule has 1 aliphatic carbocycles. The average Bonchev–Trinajstić information content (AvgIpc) is 2.92. The molecule has 1 heterocycles. The average molecular weight is 477 g/mol. The Morgan fingerprint density at radius 1 is 0.944 bits per heavy atom. The maximum Gasteiger partial charge on any atom is 0.161 e. The molecule has 0 aromatic heterocycles. The molecule has 3 aromatic rings. The number of carbonyl (C=O) groups is 1. The molecule has 0 spiro atoms. The third kappa shape index (κ3) is 4.55. The first-order valence-corrected chi connectivity index (χ1v) is 12.2. The Labute approximate surface area is 211 Å². The number of methoxy groups -OCH3 is 1. The van der Waals surface area contributed by atoms with Gasteiger partial charge in [0.15, 0.2) is 17.3 Å². The van der Waals surface area contributed by atoms with Crippen LogP contribution < -0.4 is 9.47 Å². The van der Waals surface area contributed by atoms with E-state index in [9.17, 15) is 10.1 Å². The van der Waals surface area contributed by atoms with Crippen molar-refractivity contribution in [2.45, 2.75) is 38.2 Å². The van der Waals surface area contributed by atoms with Crippen LogP contribution in [0.4, 0.5) is 0 Å². The number of hydrogen-bond donors (Lipinski definition) is 0. The van der Waals surface area contributed by atoms with Gasteiger partial charge < -0.3 is 9.47 Å². The van der Waals surface area contributed by atoms with E-state index in [1.165, 1.54) is 0 Å². The van der Waals surface area contributed by atoms with E-state index >= 15 is 0 Å². The van der Waals surface area contributed by atoms with Gasteiger partial charge in [-0.1, -0.05) is 66.7 Å². The minimum atomic E-state index is -0.512. The van der Waals surface area contributed by atoms with Gasteiger partial charge in [0.1, 0.15) is 6.61 Å². The molecule has 0 fully saturated rings. The summed E-state index contributed by atoms with van der Waals surface area (Å²) in [7, 11) is 1.60. The first-order valence-electron chi connectivity index (χ1n) is 12.2. The van der Waals surface area contributed by atoms with Crippen molar-refractivity contribution < 1.29 is 14.3 Å². The number of benzene rings is 3. The molecule has 0 radical (unpaired) electrons. The third-order valence-corrected chi connectivity index (χ3v) is 7.08.